The number of hydrogen-bond donors (Lipinski definition) is 2. The van der Waals surface area contributed by atoms with E-state index in [2.05, 4.69) is 6.92 Å². The van der Waals surface area contributed by atoms with Crippen LogP contribution in [0, 0.1) is 0 Å². The minimum Gasteiger partial charge on any atom is -0.508 e. The van der Waals surface area contributed by atoms with E-state index in [4.69, 9.17) is 5.11 Å². The second kappa shape index (κ2) is 15.5. The third kappa shape index (κ3) is 11.7. The highest BCUT2D eigenvalue weighted by Crippen LogP contribution is 2.33. The second-order valence-corrected chi connectivity index (χ2v) is 7.87. The van der Waals surface area contributed by atoms with E-state index in [1.165, 1.54) is 64.2 Å². The highest BCUT2D eigenvalue weighted by molar-refractivity contribution is 5.66. The molecule has 0 aliphatic rings. The van der Waals surface area contributed by atoms with Crippen molar-refractivity contribution < 1.29 is 15.0 Å². The lowest BCUT2D eigenvalue weighted by Gasteiger charge is -2.18. The fourth-order valence-electron chi connectivity index (χ4n) is 3.83. The van der Waals surface area contributed by atoms with Crippen LogP contribution in [0.1, 0.15) is 115 Å². The third-order valence-electron chi connectivity index (χ3n) is 5.48. The van der Waals surface area contributed by atoms with Crippen molar-refractivity contribution >= 4 is 5.97 Å². The second-order valence-electron chi connectivity index (χ2n) is 7.87. The lowest BCUT2D eigenvalue weighted by Crippen LogP contribution is -2.01. The Balaban J connectivity index is 2.26. The topological polar surface area (TPSA) is 57.5 Å². The molecule has 0 saturated heterocycles. The number of hydrogen-bond acceptors (Lipinski definition) is 2. The number of benzene rings is 1. The van der Waals surface area contributed by atoms with Crippen molar-refractivity contribution in [1.82, 2.24) is 0 Å². The Morgan fingerprint density at radius 2 is 1.33 bits per heavy atom. The van der Waals surface area contributed by atoms with Gasteiger partial charge in [-0.25, -0.2) is 0 Å². The van der Waals surface area contributed by atoms with E-state index in [1.54, 1.807) is 6.07 Å². The van der Waals surface area contributed by atoms with E-state index in [0.717, 1.165) is 31.2 Å². The van der Waals surface area contributed by atoms with Gasteiger partial charge in [-0.15, -0.1) is 0 Å². The first-order valence-electron chi connectivity index (χ1n) is 11.1. The van der Waals surface area contributed by atoms with Gasteiger partial charge in [0, 0.05) is 6.42 Å². The molecule has 0 heterocycles. The van der Waals surface area contributed by atoms with Gasteiger partial charge in [-0.1, -0.05) is 95.8 Å². The predicted octanol–water partition coefficient (Wildman–Crippen LogP) is 7.43. The van der Waals surface area contributed by atoms with Gasteiger partial charge in [-0.2, -0.15) is 0 Å². The molecule has 1 aromatic carbocycles. The van der Waals surface area contributed by atoms with Crippen LogP contribution in [0.5, 0.6) is 5.75 Å². The molecule has 0 aliphatic carbocycles. The maximum atomic E-state index is 10.7. The summed E-state index contributed by atoms with van der Waals surface area (Å²) >= 11 is 0. The summed E-state index contributed by atoms with van der Waals surface area (Å²) in [7, 11) is 0. The molecule has 0 amide bonds. The number of phenolic OH excluding ortho intramolecular Hbond substituents is 1. The Morgan fingerprint density at radius 3 is 1.89 bits per heavy atom. The molecular formula is C24H40O3. The Kier molecular flexibility index (Phi) is 13.5. The van der Waals surface area contributed by atoms with Crippen molar-refractivity contribution in [3.63, 3.8) is 0 Å². The molecule has 3 heteroatoms. The summed E-state index contributed by atoms with van der Waals surface area (Å²) in [5.41, 5.74) is 1.03. The summed E-state index contributed by atoms with van der Waals surface area (Å²) in [6.45, 7) is 2.26. The minimum absolute atomic E-state index is 0.242. The first-order valence-corrected chi connectivity index (χ1v) is 11.1. The Labute approximate surface area is 166 Å². The molecule has 0 aliphatic heterocycles. The number of carboxylic acid groups (broad SMARTS) is 1. The van der Waals surface area contributed by atoms with Crippen molar-refractivity contribution in [2.75, 3.05) is 0 Å². The normalized spacial score (nSPS) is 12.2. The zero-order valence-corrected chi connectivity index (χ0v) is 17.3. The van der Waals surface area contributed by atoms with Gasteiger partial charge in [0.25, 0.3) is 0 Å². The van der Waals surface area contributed by atoms with Crippen molar-refractivity contribution in [1.29, 1.82) is 0 Å². The maximum Gasteiger partial charge on any atom is 0.303 e. The highest BCUT2D eigenvalue weighted by atomic mass is 16.4. The van der Waals surface area contributed by atoms with Crippen molar-refractivity contribution in [3.05, 3.63) is 29.8 Å². The van der Waals surface area contributed by atoms with Crippen LogP contribution in [0.25, 0.3) is 0 Å². The zero-order valence-electron chi connectivity index (χ0n) is 17.3. The smallest absolute Gasteiger partial charge is 0.303 e. The molecule has 0 bridgehead atoms. The minimum atomic E-state index is -0.719. The highest BCUT2D eigenvalue weighted by Gasteiger charge is 2.15. The summed E-state index contributed by atoms with van der Waals surface area (Å²) in [6, 6.07) is 7.63. The van der Waals surface area contributed by atoms with Crippen LogP contribution >= 0.6 is 0 Å². The lowest BCUT2D eigenvalue weighted by atomic mass is 9.87. The van der Waals surface area contributed by atoms with Gasteiger partial charge in [0.1, 0.15) is 5.75 Å². The monoisotopic (exact) mass is 376 g/mol. The first-order chi connectivity index (χ1) is 13.1. The Hall–Kier alpha value is -1.51. The molecule has 0 fully saturated rings. The molecule has 27 heavy (non-hydrogen) atoms. The van der Waals surface area contributed by atoms with Gasteiger partial charge in [0.05, 0.1) is 0 Å². The molecular weight excluding hydrogens is 336 g/mol. The van der Waals surface area contributed by atoms with Crippen LogP contribution in [-0.2, 0) is 4.79 Å². The maximum absolute atomic E-state index is 10.7. The van der Waals surface area contributed by atoms with Gasteiger partial charge >= 0.3 is 5.97 Å². The van der Waals surface area contributed by atoms with Crippen LogP contribution < -0.4 is 0 Å². The number of unbranched alkanes of at least 4 members (excludes halogenated alkanes) is 10. The average Bonchev–Trinajstić information content (AvgIpc) is 2.65. The number of carbonyl (C=O) groups is 1. The SMILES string of the molecule is CCCCCCCCCCCCC(CCCCC(=O)O)c1ccccc1O. The third-order valence-corrected chi connectivity index (χ3v) is 5.48. The zero-order chi connectivity index (χ0) is 19.7. The molecule has 0 aromatic heterocycles. The van der Waals surface area contributed by atoms with Crippen LogP contribution in [0.15, 0.2) is 24.3 Å². The first kappa shape index (κ1) is 23.5. The van der Waals surface area contributed by atoms with Crippen LogP contribution in [0.2, 0.25) is 0 Å². The van der Waals surface area contributed by atoms with Crippen molar-refractivity contribution in [3.8, 4) is 5.75 Å². The van der Waals surface area contributed by atoms with Gasteiger partial charge < -0.3 is 10.2 Å². The van der Waals surface area contributed by atoms with Crippen molar-refractivity contribution in [2.24, 2.45) is 0 Å². The van der Waals surface area contributed by atoms with E-state index >= 15 is 0 Å². The molecule has 2 N–H and O–H groups in total. The largest absolute Gasteiger partial charge is 0.508 e. The Morgan fingerprint density at radius 1 is 0.815 bits per heavy atom. The van der Waals surface area contributed by atoms with Crippen LogP contribution in [0.3, 0.4) is 0 Å². The van der Waals surface area contributed by atoms with Gasteiger partial charge in [-0.05, 0) is 36.8 Å². The number of aromatic hydroxyl groups is 1. The van der Waals surface area contributed by atoms with E-state index < -0.39 is 5.97 Å². The lowest BCUT2D eigenvalue weighted by molar-refractivity contribution is -0.137. The summed E-state index contributed by atoms with van der Waals surface area (Å²) in [4.78, 5) is 10.7. The average molecular weight is 377 g/mol. The standard InChI is InChI=1S/C24H40O3/c1-2-3-4-5-6-7-8-9-10-11-16-21(17-12-15-20-24(26)27)22-18-13-14-19-23(22)25/h13-14,18-19,21,25H,2-12,15-17,20H2,1H3,(H,26,27). The molecule has 3 nitrogen and oxygen atoms in total. The quantitative estimate of drug-likeness (QED) is 0.278. The molecule has 1 rings (SSSR count). The Bertz CT molecular complexity index is 498. The number of phenols is 1. The van der Waals surface area contributed by atoms with Crippen LogP contribution in [-0.4, -0.2) is 16.2 Å². The van der Waals surface area contributed by atoms with E-state index in [-0.39, 0.29) is 6.42 Å². The summed E-state index contributed by atoms with van der Waals surface area (Å²) in [5, 5.41) is 19.0. The summed E-state index contributed by atoms with van der Waals surface area (Å²) in [6.07, 6.45) is 17.2. The number of para-hydroxylation sites is 1. The van der Waals surface area contributed by atoms with Gasteiger partial charge in [-0.3, -0.25) is 4.79 Å². The molecule has 0 radical (unpaired) electrons. The fourth-order valence-corrected chi connectivity index (χ4v) is 3.83. The number of aliphatic carboxylic acids is 1. The van der Waals surface area contributed by atoms with E-state index in [0.29, 0.717) is 11.7 Å². The molecule has 1 unspecified atom stereocenters. The predicted molar refractivity (Wildman–Crippen MR) is 113 cm³/mol. The summed E-state index contributed by atoms with van der Waals surface area (Å²) < 4.78 is 0. The van der Waals surface area contributed by atoms with Crippen molar-refractivity contribution in [2.45, 2.75) is 109 Å². The number of carboxylic acids is 1. The number of rotatable bonds is 17. The molecule has 0 spiro atoms. The summed E-state index contributed by atoms with van der Waals surface area (Å²) in [5.74, 6) is 0.00524. The van der Waals surface area contributed by atoms with Gasteiger partial charge in [0.2, 0.25) is 0 Å². The van der Waals surface area contributed by atoms with E-state index in [9.17, 15) is 9.90 Å². The molecule has 154 valence electrons. The fraction of sp³-hybridized carbons (Fsp3) is 0.708. The molecule has 1 aromatic rings. The van der Waals surface area contributed by atoms with E-state index in [1.807, 2.05) is 18.2 Å². The van der Waals surface area contributed by atoms with Gasteiger partial charge in [0.15, 0.2) is 0 Å². The molecule has 1 atom stereocenters. The van der Waals surface area contributed by atoms with Crippen LogP contribution in [0.4, 0.5) is 0 Å². The molecule has 0 saturated carbocycles.